The highest BCUT2D eigenvalue weighted by molar-refractivity contribution is 6.36. The summed E-state index contributed by atoms with van der Waals surface area (Å²) in [4.78, 5) is 13.9. The van der Waals surface area contributed by atoms with E-state index < -0.39 is 12.0 Å². The molecule has 3 atom stereocenters. The summed E-state index contributed by atoms with van der Waals surface area (Å²) in [6, 6.07) is 5.93. The molecule has 0 spiro atoms. The van der Waals surface area contributed by atoms with Crippen molar-refractivity contribution in [3.8, 4) is 28.6 Å². The van der Waals surface area contributed by atoms with Gasteiger partial charge in [-0.1, -0.05) is 17.7 Å². The molecule has 2 N–H and O–H groups in total. The first-order valence-electron chi connectivity index (χ1n) is 13.1. The number of aromatic hydroxyl groups is 1. The van der Waals surface area contributed by atoms with Crippen LogP contribution in [0.4, 0.5) is 14.6 Å². The lowest BCUT2D eigenvalue weighted by Gasteiger charge is -2.35. The predicted molar refractivity (Wildman–Crippen MR) is 140 cm³/mol. The van der Waals surface area contributed by atoms with Crippen molar-refractivity contribution in [1.29, 1.82) is 0 Å². The molecule has 5 heterocycles. The van der Waals surface area contributed by atoms with Gasteiger partial charge in [-0.15, -0.1) is 0 Å². The zero-order valence-corrected chi connectivity index (χ0v) is 21.5. The molecule has 0 aliphatic carbocycles. The normalized spacial score (nSPS) is 26.7. The van der Waals surface area contributed by atoms with Crippen LogP contribution in [-0.2, 0) is 0 Å². The van der Waals surface area contributed by atoms with Crippen molar-refractivity contribution in [1.82, 2.24) is 20.2 Å². The number of hydrogen-bond donors (Lipinski definition) is 2. The molecule has 0 bridgehead atoms. The average molecular weight is 544 g/mol. The number of halogens is 3. The van der Waals surface area contributed by atoms with Crippen LogP contribution >= 0.6 is 11.6 Å². The Labute approximate surface area is 223 Å². The first kappa shape index (κ1) is 24.1. The number of aromatic nitrogens is 2. The van der Waals surface area contributed by atoms with E-state index in [9.17, 15) is 13.9 Å². The van der Waals surface area contributed by atoms with E-state index in [1.807, 2.05) is 0 Å². The second-order valence-corrected chi connectivity index (χ2v) is 11.0. The molecule has 1 aromatic heterocycles. The van der Waals surface area contributed by atoms with Crippen LogP contribution in [0, 0.1) is 5.82 Å². The van der Waals surface area contributed by atoms with Crippen molar-refractivity contribution in [2.45, 2.75) is 37.0 Å². The van der Waals surface area contributed by atoms with E-state index in [1.165, 1.54) is 18.2 Å². The molecular formula is C27H28ClF2N5O3. The van der Waals surface area contributed by atoms with Gasteiger partial charge in [0, 0.05) is 38.2 Å². The number of piperazine rings is 1. The number of fused-ring (bicyclic) bond motifs is 3. The number of phenols is 1. The number of hydrogen-bond acceptors (Lipinski definition) is 8. The van der Waals surface area contributed by atoms with Gasteiger partial charge in [-0.2, -0.15) is 9.97 Å². The molecule has 38 heavy (non-hydrogen) atoms. The second kappa shape index (κ2) is 9.07. The largest absolute Gasteiger partial charge is 0.507 e. The van der Waals surface area contributed by atoms with Crippen LogP contribution in [0.25, 0.3) is 22.0 Å². The second-order valence-electron chi connectivity index (χ2n) is 10.7. The number of anilines is 1. The molecule has 3 fully saturated rings. The molecule has 200 valence electrons. The number of nitrogens with zero attached hydrogens (tertiary/aromatic N) is 4. The zero-order valence-electron chi connectivity index (χ0n) is 20.7. The van der Waals surface area contributed by atoms with Gasteiger partial charge in [0.15, 0.2) is 5.75 Å². The van der Waals surface area contributed by atoms with Gasteiger partial charge in [-0.05, 0) is 37.6 Å². The van der Waals surface area contributed by atoms with E-state index in [4.69, 9.17) is 31.0 Å². The number of rotatable bonds is 4. The lowest BCUT2D eigenvalue weighted by Crippen LogP contribution is -2.53. The fourth-order valence-corrected chi connectivity index (χ4v) is 6.88. The lowest BCUT2D eigenvalue weighted by molar-refractivity contribution is 0.107. The summed E-state index contributed by atoms with van der Waals surface area (Å²) >= 11 is 6.84. The van der Waals surface area contributed by atoms with Crippen LogP contribution in [0.2, 0.25) is 5.02 Å². The molecule has 3 unspecified atom stereocenters. The fraction of sp³-hybridized carbons (Fsp3) is 0.481. The van der Waals surface area contributed by atoms with Gasteiger partial charge in [-0.3, -0.25) is 4.90 Å². The van der Waals surface area contributed by atoms with Crippen molar-refractivity contribution in [3.63, 3.8) is 0 Å². The van der Waals surface area contributed by atoms with Crippen LogP contribution in [0.1, 0.15) is 19.3 Å². The summed E-state index contributed by atoms with van der Waals surface area (Å²) in [5.74, 6) is 0.156. The standard InChI is InChI=1S/C27H28ClF2N5O3/c28-23-17(21-18(30)3-1-4-20(21)36)9-19-22-24(23)37-13-16-11-31-6-8-35(16)25(22)33-26(32-19)38-14-27-5-2-7-34(27)12-15(29)10-27/h1,3-4,9,15-16,31,36H,2,5-8,10-14H2. The monoisotopic (exact) mass is 543 g/mol. The molecule has 11 heteroatoms. The van der Waals surface area contributed by atoms with E-state index in [-0.39, 0.29) is 39.5 Å². The van der Waals surface area contributed by atoms with Crippen molar-refractivity contribution < 1.29 is 23.4 Å². The number of phenolic OH excluding ortho intramolecular Hbond substituents is 1. The molecule has 4 aliphatic rings. The Morgan fingerprint density at radius 2 is 2.18 bits per heavy atom. The summed E-state index contributed by atoms with van der Waals surface area (Å²) in [7, 11) is 0. The maximum Gasteiger partial charge on any atom is 0.319 e. The van der Waals surface area contributed by atoms with Crippen LogP contribution in [0.15, 0.2) is 24.3 Å². The Morgan fingerprint density at radius 1 is 1.29 bits per heavy atom. The van der Waals surface area contributed by atoms with E-state index in [1.54, 1.807) is 6.07 Å². The van der Waals surface area contributed by atoms with Gasteiger partial charge in [0.1, 0.15) is 36.8 Å². The molecule has 7 rings (SSSR count). The Balaban J connectivity index is 1.37. The molecule has 4 aliphatic heterocycles. The molecule has 8 nitrogen and oxygen atoms in total. The van der Waals surface area contributed by atoms with Gasteiger partial charge in [0.25, 0.3) is 0 Å². The van der Waals surface area contributed by atoms with Crippen molar-refractivity contribution in [3.05, 3.63) is 35.1 Å². The Hall–Kier alpha value is -2.95. The van der Waals surface area contributed by atoms with Crippen LogP contribution in [0.5, 0.6) is 17.5 Å². The quantitative estimate of drug-likeness (QED) is 0.512. The predicted octanol–water partition coefficient (Wildman–Crippen LogP) is 3.92. The molecule has 0 radical (unpaired) electrons. The first-order valence-corrected chi connectivity index (χ1v) is 13.5. The molecule has 0 amide bonds. The number of ether oxygens (including phenoxy) is 2. The fourth-order valence-electron chi connectivity index (χ4n) is 6.58. The Bertz CT molecular complexity index is 1410. The van der Waals surface area contributed by atoms with E-state index in [2.05, 4.69) is 15.1 Å². The van der Waals surface area contributed by atoms with Crippen LogP contribution < -0.4 is 19.7 Å². The smallest absolute Gasteiger partial charge is 0.319 e. The highest BCUT2D eigenvalue weighted by atomic mass is 35.5. The highest BCUT2D eigenvalue weighted by Gasteiger charge is 2.49. The summed E-state index contributed by atoms with van der Waals surface area (Å²) in [5.41, 5.74) is 0.375. The molecular weight excluding hydrogens is 516 g/mol. The van der Waals surface area contributed by atoms with Crippen molar-refractivity contribution in [2.24, 2.45) is 0 Å². The third-order valence-electron chi connectivity index (χ3n) is 8.38. The summed E-state index contributed by atoms with van der Waals surface area (Å²) in [6.45, 7) is 4.11. The van der Waals surface area contributed by atoms with E-state index in [0.717, 1.165) is 25.9 Å². The topological polar surface area (TPSA) is 83.0 Å². The van der Waals surface area contributed by atoms with Crippen molar-refractivity contribution in [2.75, 3.05) is 50.8 Å². The van der Waals surface area contributed by atoms with E-state index >= 15 is 0 Å². The first-order chi connectivity index (χ1) is 18.4. The minimum Gasteiger partial charge on any atom is -0.507 e. The number of nitrogens with one attached hydrogen (secondary N) is 1. The van der Waals surface area contributed by atoms with E-state index in [0.29, 0.717) is 61.7 Å². The third kappa shape index (κ3) is 3.76. The maximum atomic E-state index is 14.9. The maximum absolute atomic E-state index is 14.9. The van der Waals surface area contributed by atoms with Gasteiger partial charge >= 0.3 is 6.01 Å². The minimum absolute atomic E-state index is 0.00507. The van der Waals surface area contributed by atoms with Gasteiger partial charge in [0.05, 0.1) is 33.1 Å². The molecule has 3 saturated heterocycles. The number of benzene rings is 2. The molecule has 3 aromatic rings. The average Bonchev–Trinajstić information content (AvgIpc) is 3.36. The lowest BCUT2D eigenvalue weighted by atomic mass is 9.95. The third-order valence-corrected chi connectivity index (χ3v) is 8.75. The van der Waals surface area contributed by atoms with Crippen LogP contribution in [0.3, 0.4) is 0 Å². The minimum atomic E-state index is -0.861. The SMILES string of the molecule is Oc1cccc(F)c1-c1cc2nc(OCC34CCCN3CC(F)C4)nc3c2c(c1Cl)OCC1CNCCN31. The Kier molecular flexibility index (Phi) is 5.75. The van der Waals surface area contributed by atoms with Crippen molar-refractivity contribution >= 4 is 28.3 Å². The zero-order chi connectivity index (χ0) is 26.0. The summed E-state index contributed by atoms with van der Waals surface area (Å²) < 4.78 is 41.7. The van der Waals surface area contributed by atoms with Gasteiger partial charge < -0.3 is 24.8 Å². The highest BCUT2D eigenvalue weighted by Crippen LogP contribution is 2.48. The number of alkyl halides is 1. The molecule has 0 saturated carbocycles. The van der Waals surface area contributed by atoms with Gasteiger partial charge in [-0.25, -0.2) is 8.78 Å². The molecule has 2 aromatic carbocycles. The summed E-state index contributed by atoms with van der Waals surface area (Å²) in [6.07, 6.45) is 1.47. The Morgan fingerprint density at radius 3 is 3.05 bits per heavy atom. The van der Waals surface area contributed by atoms with Crippen LogP contribution in [-0.4, -0.2) is 83.7 Å². The van der Waals surface area contributed by atoms with Gasteiger partial charge in [0.2, 0.25) is 0 Å². The summed E-state index contributed by atoms with van der Waals surface area (Å²) in [5, 5.41) is 14.7.